The number of carbonyl (C=O) groups is 1. The van der Waals surface area contributed by atoms with Crippen molar-refractivity contribution in [2.45, 2.75) is 33.2 Å². The van der Waals surface area contributed by atoms with E-state index in [0.29, 0.717) is 13.0 Å². The zero-order chi connectivity index (χ0) is 11.4. The van der Waals surface area contributed by atoms with Crippen LogP contribution in [-0.2, 0) is 4.79 Å². The molecule has 0 aliphatic rings. The van der Waals surface area contributed by atoms with Crippen LogP contribution in [0, 0.1) is 16.7 Å². The van der Waals surface area contributed by atoms with Crippen molar-refractivity contribution >= 4 is 5.91 Å². The van der Waals surface area contributed by atoms with Crippen LogP contribution < -0.4 is 5.73 Å². The third kappa shape index (κ3) is 3.75. The van der Waals surface area contributed by atoms with Crippen LogP contribution in [-0.4, -0.2) is 30.4 Å². The van der Waals surface area contributed by atoms with Crippen molar-refractivity contribution in [1.82, 2.24) is 4.90 Å². The summed E-state index contributed by atoms with van der Waals surface area (Å²) in [6, 6.07) is 1.49. The van der Waals surface area contributed by atoms with Crippen molar-refractivity contribution in [3.63, 3.8) is 0 Å². The lowest BCUT2D eigenvalue weighted by atomic mass is 9.86. The molecule has 1 atom stereocenters. The van der Waals surface area contributed by atoms with Gasteiger partial charge >= 0.3 is 0 Å². The Labute approximate surface area is 85.7 Å². The van der Waals surface area contributed by atoms with Crippen molar-refractivity contribution in [3.05, 3.63) is 0 Å². The summed E-state index contributed by atoms with van der Waals surface area (Å²) in [7, 11) is 1.67. The standard InChI is InChI=1S/C10H19N3O/c1-10(2,3)8(12)9(14)13(4)7-5-6-11/h8H,5,7,12H2,1-4H3/t8-/m0/s1. The van der Waals surface area contributed by atoms with E-state index in [9.17, 15) is 4.79 Å². The van der Waals surface area contributed by atoms with Crippen LogP contribution in [0.1, 0.15) is 27.2 Å². The lowest BCUT2D eigenvalue weighted by Gasteiger charge is -2.29. The summed E-state index contributed by atoms with van der Waals surface area (Å²) < 4.78 is 0. The minimum Gasteiger partial charge on any atom is -0.343 e. The molecule has 0 saturated heterocycles. The lowest BCUT2D eigenvalue weighted by Crippen LogP contribution is -2.49. The van der Waals surface area contributed by atoms with Crippen LogP contribution >= 0.6 is 0 Å². The molecular formula is C10H19N3O. The van der Waals surface area contributed by atoms with Crippen LogP contribution in [0.2, 0.25) is 0 Å². The van der Waals surface area contributed by atoms with E-state index in [4.69, 9.17) is 11.0 Å². The number of nitriles is 1. The first kappa shape index (κ1) is 12.9. The second kappa shape index (κ2) is 4.97. The number of amides is 1. The van der Waals surface area contributed by atoms with Gasteiger partial charge in [0.25, 0.3) is 0 Å². The van der Waals surface area contributed by atoms with Crippen LogP contribution in [0.4, 0.5) is 0 Å². The van der Waals surface area contributed by atoms with E-state index >= 15 is 0 Å². The SMILES string of the molecule is CN(CCC#N)C(=O)[C@H](N)C(C)(C)C. The minimum atomic E-state index is -0.508. The Hall–Kier alpha value is -1.08. The number of carbonyl (C=O) groups excluding carboxylic acids is 1. The quantitative estimate of drug-likeness (QED) is 0.725. The van der Waals surface area contributed by atoms with E-state index in [1.54, 1.807) is 7.05 Å². The smallest absolute Gasteiger partial charge is 0.239 e. The highest BCUT2D eigenvalue weighted by Gasteiger charge is 2.29. The van der Waals surface area contributed by atoms with Gasteiger partial charge in [-0.15, -0.1) is 0 Å². The molecule has 80 valence electrons. The van der Waals surface area contributed by atoms with Gasteiger partial charge in [-0.3, -0.25) is 4.79 Å². The van der Waals surface area contributed by atoms with E-state index in [0.717, 1.165) is 0 Å². The first-order valence-electron chi connectivity index (χ1n) is 4.68. The fourth-order valence-electron chi connectivity index (χ4n) is 0.936. The molecule has 1 amide bonds. The zero-order valence-electron chi connectivity index (χ0n) is 9.37. The van der Waals surface area contributed by atoms with Crippen molar-refractivity contribution in [2.75, 3.05) is 13.6 Å². The van der Waals surface area contributed by atoms with Crippen LogP contribution in [0.3, 0.4) is 0 Å². The van der Waals surface area contributed by atoms with Crippen LogP contribution in [0.25, 0.3) is 0 Å². The molecule has 0 heterocycles. The predicted molar refractivity (Wildman–Crippen MR) is 55.3 cm³/mol. The number of nitrogens with two attached hydrogens (primary N) is 1. The number of rotatable bonds is 3. The maximum Gasteiger partial charge on any atom is 0.239 e. The Morgan fingerprint density at radius 2 is 2.07 bits per heavy atom. The summed E-state index contributed by atoms with van der Waals surface area (Å²) in [4.78, 5) is 13.2. The number of hydrogen-bond donors (Lipinski definition) is 1. The molecule has 14 heavy (non-hydrogen) atoms. The van der Waals surface area contributed by atoms with Crippen molar-refractivity contribution in [1.29, 1.82) is 5.26 Å². The molecule has 4 heteroatoms. The molecular weight excluding hydrogens is 178 g/mol. The summed E-state index contributed by atoms with van der Waals surface area (Å²) in [5.41, 5.74) is 5.55. The van der Waals surface area contributed by atoms with Crippen LogP contribution in [0.15, 0.2) is 0 Å². The topological polar surface area (TPSA) is 70.1 Å². The Bertz CT molecular complexity index is 237. The summed E-state index contributed by atoms with van der Waals surface area (Å²) >= 11 is 0. The number of nitrogens with zero attached hydrogens (tertiary/aromatic N) is 2. The molecule has 0 radical (unpaired) electrons. The van der Waals surface area contributed by atoms with Gasteiger partial charge in [-0.2, -0.15) is 5.26 Å². The van der Waals surface area contributed by atoms with Crippen molar-refractivity contribution in [2.24, 2.45) is 11.1 Å². The summed E-state index contributed by atoms with van der Waals surface area (Å²) in [5, 5.41) is 8.38. The van der Waals surface area contributed by atoms with Gasteiger partial charge < -0.3 is 10.6 Å². The van der Waals surface area contributed by atoms with Gasteiger partial charge in [0.15, 0.2) is 0 Å². The molecule has 2 N–H and O–H groups in total. The van der Waals surface area contributed by atoms with Crippen molar-refractivity contribution in [3.8, 4) is 6.07 Å². The van der Waals surface area contributed by atoms with E-state index in [-0.39, 0.29) is 11.3 Å². The molecule has 0 bridgehead atoms. The summed E-state index contributed by atoms with van der Waals surface area (Å²) in [6.45, 7) is 6.22. The fourth-order valence-corrected chi connectivity index (χ4v) is 0.936. The Morgan fingerprint density at radius 3 is 2.43 bits per heavy atom. The first-order valence-corrected chi connectivity index (χ1v) is 4.68. The molecule has 0 saturated carbocycles. The average molecular weight is 197 g/mol. The third-order valence-corrected chi connectivity index (χ3v) is 2.13. The summed E-state index contributed by atoms with van der Waals surface area (Å²) in [5.74, 6) is -0.104. The van der Waals surface area contributed by atoms with Gasteiger partial charge in [0.05, 0.1) is 18.5 Å². The number of hydrogen-bond acceptors (Lipinski definition) is 3. The highest BCUT2D eigenvalue weighted by atomic mass is 16.2. The fraction of sp³-hybridized carbons (Fsp3) is 0.800. The largest absolute Gasteiger partial charge is 0.343 e. The maximum atomic E-state index is 11.7. The molecule has 0 spiro atoms. The van der Waals surface area contributed by atoms with E-state index in [1.807, 2.05) is 26.8 Å². The normalized spacial score (nSPS) is 13.1. The first-order chi connectivity index (χ1) is 6.30. The van der Waals surface area contributed by atoms with Gasteiger partial charge in [0, 0.05) is 13.6 Å². The molecule has 0 aromatic rings. The van der Waals surface area contributed by atoms with Gasteiger partial charge in [-0.25, -0.2) is 0 Å². The zero-order valence-corrected chi connectivity index (χ0v) is 9.37. The maximum absolute atomic E-state index is 11.7. The molecule has 0 fully saturated rings. The highest BCUT2D eigenvalue weighted by Crippen LogP contribution is 2.18. The van der Waals surface area contributed by atoms with Crippen molar-refractivity contribution < 1.29 is 4.79 Å². The third-order valence-electron chi connectivity index (χ3n) is 2.13. The Balaban J connectivity index is 4.26. The number of likely N-dealkylation sites (N-methyl/N-ethyl adjacent to an activating group) is 1. The predicted octanol–water partition coefficient (Wildman–Crippen LogP) is 0.732. The Kier molecular flexibility index (Phi) is 4.58. The van der Waals surface area contributed by atoms with E-state index in [1.165, 1.54) is 4.90 Å². The minimum absolute atomic E-state index is 0.104. The molecule has 0 aromatic heterocycles. The van der Waals surface area contributed by atoms with Gasteiger partial charge in [0.2, 0.25) is 5.91 Å². The van der Waals surface area contributed by atoms with Gasteiger partial charge in [-0.05, 0) is 5.41 Å². The van der Waals surface area contributed by atoms with Crippen LogP contribution in [0.5, 0.6) is 0 Å². The average Bonchev–Trinajstić information content (AvgIpc) is 2.10. The van der Waals surface area contributed by atoms with E-state index in [2.05, 4.69) is 0 Å². The second-order valence-corrected chi connectivity index (χ2v) is 4.51. The molecule has 0 aromatic carbocycles. The van der Waals surface area contributed by atoms with Gasteiger partial charge in [0.1, 0.15) is 0 Å². The molecule has 0 rings (SSSR count). The Morgan fingerprint density at radius 1 is 1.57 bits per heavy atom. The molecule has 4 nitrogen and oxygen atoms in total. The molecule has 0 unspecified atom stereocenters. The second-order valence-electron chi connectivity index (χ2n) is 4.51. The lowest BCUT2D eigenvalue weighted by molar-refractivity contribution is -0.133. The van der Waals surface area contributed by atoms with Gasteiger partial charge in [-0.1, -0.05) is 20.8 Å². The molecule has 0 aliphatic heterocycles. The monoisotopic (exact) mass is 197 g/mol. The highest BCUT2D eigenvalue weighted by molar-refractivity contribution is 5.82. The molecule has 0 aliphatic carbocycles. The van der Waals surface area contributed by atoms with E-state index < -0.39 is 6.04 Å². The summed E-state index contributed by atoms with van der Waals surface area (Å²) in [6.07, 6.45) is 0.346.